The quantitative estimate of drug-likeness (QED) is 0.792. The molecule has 0 radical (unpaired) electrons. The average Bonchev–Trinajstić information content (AvgIpc) is 2.16. The van der Waals surface area contributed by atoms with Gasteiger partial charge in [0.1, 0.15) is 15.9 Å². The van der Waals surface area contributed by atoms with E-state index in [0.717, 1.165) is 4.90 Å². The number of sulfone groups is 1. The second-order valence-electron chi connectivity index (χ2n) is 3.23. The summed E-state index contributed by atoms with van der Waals surface area (Å²) < 4.78 is 21.9. The Labute approximate surface area is 104 Å². The number of nitrogens with zero attached hydrogens (tertiary/aromatic N) is 1. The third-order valence-electron chi connectivity index (χ3n) is 1.78. The molecule has 0 heterocycles. The van der Waals surface area contributed by atoms with Crippen molar-refractivity contribution in [3.63, 3.8) is 0 Å². The molecule has 86 valence electrons. The Morgan fingerprint density at radius 2 is 2.19 bits per heavy atom. The zero-order valence-electron chi connectivity index (χ0n) is 8.60. The van der Waals surface area contributed by atoms with Crippen molar-refractivity contribution in [1.82, 2.24) is 0 Å². The Balaban J connectivity index is 2.74. The summed E-state index contributed by atoms with van der Waals surface area (Å²) in [4.78, 5) is 0.721. The van der Waals surface area contributed by atoms with E-state index in [1.54, 1.807) is 18.2 Å². The highest BCUT2D eigenvalue weighted by Crippen LogP contribution is 2.25. The van der Waals surface area contributed by atoms with Crippen molar-refractivity contribution in [1.29, 1.82) is 5.26 Å². The standard InChI is InChI=1S/C10H10ClNO2S2/c1-16(13,14)5-4-15-10-6-9(11)3-2-8(10)7-12/h2-3,6H,4-5H2,1H3. The van der Waals surface area contributed by atoms with E-state index in [9.17, 15) is 8.42 Å². The van der Waals surface area contributed by atoms with Gasteiger partial charge in [0.05, 0.1) is 11.3 Å². The van der Waals surface area contributed by atoms with Crippen LogP contribution in [0.3, 0.4) is 0 Å². The molecule has 6 heteroatoms. The second-order valence-corrected chi connectivity index (χ2v) is 7.06. The van der Waals surface area contributed by atoms with Gasteiger partial charge in [-0.15, -0.1) is 11.8 Å². The summed E-state index contributed by atoms with van der Waals surface area (Å²) in [6, 6.07) is 6.98. The van der Waals surface area contributed by atoms with Crippen LogP contribution in [0.5, 0.6) is 0 Å². The first kappa shape index (κ1) is 13.4. The normalized spacial score (nSPS) is 11.1. The minimum Gasteiger partial charge on any atom is -0.229 e. The molecule has 0 spiro atoms. The maximum Gasteiger partial charge on any atom is 0.148 e. The molecule has 0 unspecified atom stereocenters. The van der Waals surface area contributed by atoms with Crippen molar-refractivity contribution in [2.24, 2.45) is 0 Å². The van der Waals surface area contributed by atoms with E-state index in [1.165, 1.54) is 18.0 Å². The van der Waals surface area contributed by atoms with Gasteiger partial charge in [0.25, 0.3) is 0 Å². The number of thioether (sulfide) groups is 1. The zero-order chi connectivity index (χ0) is 12.2. The molecule has 0 aromatic heterocycles. The number of nitriles is 1. The van der Waals surface area contributed by atoms with Crippen LogP contribution >= 0.6 is 23.4 Å². The van der Waals surface area contributed by atoms with Crippen LogP contribution in [0.4, 0.5) is 0 Å². The lowest BCUT2D eigenvalue weighted by Gasteiger charge is -2.03. The van der Waals surface area contributed by atoms with Crippen molar-refractivity contribution in [3.05, 3.63) is 28.8 Å². The molecule has 1 rings (SSSR count). The minimum atomic E-state index is -2.96. The van der Waals surface area contributed by atoms with Gasteiger partial charge < -0.3 is 0 Å². The summed E-state index contributed by atoms with van der Waals surface area (Å²) in [5.74, 6) is 0.517. The van der Waals surface area contributed by atoms with Crippen LogP contribution in [0.15, 0.2) is 23.1 Å². The molecule has 0 saturated heterocycles. The highest BCUT2D eigenvalue weighted by molar-refractivity contribution is 8.00. The Morgan fingerprint density at radius 1 is 1.50 bits per heavy atom. The number of hydrogen-bond acceptors (Lipinski definition) is 4. The molecule has 0 atom stereocenters. The van der Waals surface area contributed by atoms with Gasteiger partial charge in [0, 0.05) is 21.9 Å². The van der Waals surface area contributed by atoms with Crippen molar-refractivity contribution in [2.75, 3.05) is 17.8 Å². The molecule has 16 heavy (non-hydrogen) atoms. The van der Waals surface area contributed by atoms with E-state index in [1.807, 2.05) is 6.07 Å². The smallest absolute Gasteiger partial charge is 0.148 e. The van der Waals surface area contributed by atoms with Crippen molar-refractivity contribution >= 4 is 33.2 Å². The molecule has 0 N–H and O–H groups in total. The molecule has 1 aromatic rings. The highest BCUT2D eigenvalue weighted by Gasteiger charge is 2.06. The molecule has 0 aliphatic carbocycles. The summed E-state index contributed by atoms with van der Waals surface area (Å²) in [6.45, 7) is 0. The minimum absolute atomic E-state index is 0.0923. The van der Waals surface area contributed by atoms with E-state index in [-0.39, 0.29) is 5.75 Å². The van der Waals surface area contributed by atoms with Crippen molar-refractivity contribution in [2.45, 2.75) is 4.90 Å². The van der Waals surface area contributed by atoms with Crippen molar-refractivity contribution < 1.29 is 8.42 Å². The topological polar surface area (TPSA) is 57.9 Å². The second kappa shape index (κ2) is 5.58. The van der Waals surface area contributed by atoms with Gasteiger partial charge >= 0.3 is 0 Å². The van der Waals surface area contributed by atoms with Crippen LogP contribution in [0.2, 0.25) is 5.02 Å². The van der Waals surface area contributed by atoms with Gasteiger partial charge in [-0.3, -0.25) is 0 Å². The fourth-order valence-corrected chi connectivity index (χ4v) is 3.49. The Kier molecular flexibility index (Phi) is 4.66. The molecule has 1 aromatic carbocycles. The maximum atomic E-state index is 10.9. The SMILES string of the molecule is CS(=O)(=O)CCSc1cc(Cl)ccc1C#N. The van der Waals surface area contributed by atoms with Gasteiger partial charge in [-0.1, -0.05) is 11.6 Å². The first-order valence-corrected chi connectivity index (χ1v) is 7.85. The number of benzene rings is 1. The van der Waals surface area contributed by atoms with Gasteiger partial charge in [-0.25, -0.2) is 8.42 Å². The molecule has 0 aliphatic rings. The van der Waals surface area contributed by atoms with Crippen LogP contribution in [0.1, 0.15) is 5.56 Å². The fourth-order valence-electron chi connectivity index (χ4n) is 1.01. The number of hydrogen-bond donors (Lipinski definition) is 0. The monoisotopic (exact) mass is 275 g/mol. The third kappa shape index (κ3) is 4.44. The molecule has 0 bridgehead atoms. The largest absolute Gasteiger partial charge is 0.229 e. The van der Waals surface area contributed by atoms with Gasteiger partial charge in [0.2, 0.25) is 0 Å². The fraction of sp³-hybridized carbons (Fsp3) is 0.300. The van der Waals surface area contributed by atoms with Gasteiger partial charge in [-0.05, 0) is 18.2 Å². The average molecular weight is 276 g/mol. The van der Waals surface area contributed by atoms with E-state index in [4.69, 9.17) is 16.9 Å². The van der Waals surface area contributed by atoms with Crippen LogP contribution in [0.25, 0.3) is 0 Å². The van der Waals surface area contributed by atoms with E-state index < -0.39 is 9.84 Å². The summed E-state index contributed by atoms with van der Waals surface area (Å²) in [5, 5.41) is 9.39. The first-order valence-electron chi connectivity index (χ1n) is 4.42. The Bertz CT molecular complexity index is 520. The summed E-state index contributed by atoms with van der Waals surface area (Å²) in [6.07, 6.45) is 1.19. The lowest BCUT2D eigenvalue weighted by Crippen LogP contribution is -2.05. The number of rotatable bonds is 4. The highest BCUT2D eigenvalue weighted by atomic mass is 35.5. The first-order chi connectivity index (χ1) is 7.42. The molecule has 0 amide bonds. The van der Waals surface area contributed by atoms with Crippen LogP contribution in [-0.4, -0.2) is 26.2 Å². The van der Waals surface area contributed by atoms with E-state index >= 15 is 0 Å². The lowest BCUT2D eigenvalue weighted by atomic mass is 10.2. The molecule has 3 nitrogen and oxygen atoms in total. The third-order valence-corrected chi connectivity index (χ3v) is 4.27. The van der Waals surface area contributed by atoms with E-state index in [2.05, 4.69) is 0 Å². The molecule has 0 saturated carbocycles. The molecule has 0 aliphatic heterocycles. The van der Waals surface area contributed by atoms with Gasteiger partial charge in [-0.2, -0.15) is 5.26 Å². The summed E-state index contributed by atoms with van der Waals surface area (Å²) in [7, 11) is -2.96. The predicted octanol–water partition coefficient (Wildman–Crippen LogP) is 2.35. The Morgan fingerprint density at radius 3 is 2.75 bits per heavy atom. The van der Waals surface area contributed by atoms with Crippen molar-refractivity contribution in [3.8, 4) is 6.07 Å². The van der Waals surface area contributed by atoms with Crippen LogP contribution in [-0.2, 0) is 9.84 Å². The zero-order valence-corrected chi connectivity index (χ0v) is 11.0. The van der Waals surface area contributed by atoms with Crippen LogP contribution < -0.4 is 0 Å². The van der Waals surface area contributed by atoms with Gasteiger partial charge in [0.15, 0.2) is 0 Å². The van der Waals surface area contributed by atoms with Crippen LogP contribution in [0, 0.1) is 11.3 Å². The predicted molar refractivity (Wildman–Crippen MR) is 66.6 cm³/mol. The Hall–Kier alpha value is -0.700. The molecular formula is C10H10ClNO2S2. The lowest BCUT2D eigenvalue weighted by molar-refractivity contribution is 0.603. The summed E-state index contributed by atoms with van der Waals surface area (Å²) >= 11 is 7.13. The summed E-state index contributed by atoms with van der Waals surface area (Å²) in [5.41, 5.74) is 0.517. The molecule has 0 fully saturated rings. The number of halogens is 1. The maximum absolute atomic E-state index is 10.9. The molecular weight excluding hydrogens is 266 g/mol. The van der Waals surface area contributed by atoms with E-state index in [0.29, 0.717) is 16.3 Å².